The summed E-state index contributed by atoms with van der Waals surface area (Å²) < 4.78 is 0. The number of hydrogen-bond donors (Lipinski definition) is 3. The van der Waals surface area contributed by atoms with Crippen molar-refractivity contribution >= 4 is 15.9 Å². The number of allylic oxidation sites excluding steroid dienone is 2. The molecule has 0 amide bonds. The molecule has 2 fully saturated rings. The lowest BCUT2D eigenvalue weighted by atomic mass is 9.60. The summed E-state index contributed by atoms with van der Waals surface area (Å²) in [5.41, 5.74) is 1.48. The van der Waals surface area contributed by atoms with E-state index in [0.717, 1.165) is 32.1 Å². The van der Waals surface area contributed by atoms with Gasteiger partial charge in [-0.2, -0.15) is 0 Å². The Bertz CT molecular complexity index is 539. The molecule has 24 heavy (non-hydrogen) atoms. The summed E-state index contributed by atoms with van der Waals surface area (Å²) in [5, 5.41) is 31.6. The highest BCUT2D eigenvalue weighted by Gasteiger charge is 2.53. The van der Waals surface area contributed by atoms with Crippen molar-refractivity contribution in [3.8, 4) is 0 Å². The molecule has 3 nitrogen and oxygen atoms in total. The summed E-state index contributed by atoms with van der Waals surface area (Å²) in [5.74, 6) is 0.893. The average Bonchev–Trinajstić information content (AvgIpc) is 2.63. The van der Waals surface area contributed by atoms with Crippen LogP contribution in [0.25, 0.3) is 0 Å². The SMILES string of the molecule is CC1=C2CC[C@@](C)(O)[C@@H](O)C[C@H]2[C@](C)([C@@H]2CC[C@](C)(O)[C@H](Br)C2)C1. The molecule has 0 aromatic carbocycles. The van der Waals surface area contributed by atoms with E-state index in [9.17, 15) is 15.3 Å². The van der Waals surface area contributed by atoms with Crippen LogP contribution in [0.2, 0.25) is 0 Å². The molecule has 138 valence electrons. The average molecular weight is 401 g/mol. The lowest BCUT2D eigenvalue weighted by Gasteiger charge is -2.48. The first kappa shape index (κ1) is 18.9. The number of fused-ring (bicyclic) bond motifs is 1. The van der Waals surface area contributed by atoms with Gasteiger partial charge in [0.15, 0.2) is 0 Å². The molecular formula is C20H33BrO3. The Balaban J connectivity index is 1.87. The van der Waals surface area contributed by atoms with Gasteiger partial charge >= 0.3 is 0 Å². The molecule has 0 bridgehead atoms. The first-order valence-corrected chi connectivity index (χ1v) is 10.3. The molecule has 0 aliphatic heterocycles. The van der Waals surface area contributed by atoms with Gasteiger partial charge in [0.25, 0.3) is 0 Å². The lowest BCUT2D eigenvalue weighted by Crippen LogP contribution is -2.47. The van der Waals surface area contributed by atoms with E-state index in [0.29, 0.717) is 24.7 Å². The van der Waals surface area contributed by atoms with Gasteiger partial charge in [0.1, 0.15) is 0 Å². The first-order valence-electron chi connectivity index (χ1n) is 9.43. The largest absolute Gasteiger partial charge is 0.390 e. The summed E-state index contributed by atoms with van der Waals surface area (Å²) >= 11 is 3.72. The Labute approximate surface area is 154 Å². The highest BCUT2D eigenvalue weighted by molar-refractivity contribution is 9.09. The maximum Gasteiger partial charge on any atom is 0.0880 e. The molecule has 0 aromatic rings. The molecule has 0 aromatic heterocycles. The van der Waals surface area contributed by atoms with E-state index in [1.165, 1.54) is 11.1 Å². The minimum absolute atomic E-state index is 0.128. The highest BCUT2D eigenvalue weighted by atomic mass is 79.9. The van der Waals surface area contributed by atoms with Gasteiger partial charge < -0.3 is 15.3 Å². The molecule has 2 saturated carbocycles. The van der Waals surface area contributed by atoms with Crippen LogP contribution in [0.1, 0.15) is 72.6 Å². The van der Waals surface area contributed by atoms with Crippen LogP contribution in [-0.2, 0) is 0 Å². The van der Waals surface area contributed by atoms with Crippen molar-refractivity contribution in [1.29, 1.82) is 0 Å². The van der Waals surface area contributed by atoms with Crippen molar-refractivity contribution in [2.45, 2.75) is 94.8 Å². The van der Waals surface area contributed by atoms with E-state index in [2.05, 4.69) is 29.8 Å². The van der Waals surface area contributed by atoms with Crippen LogP contribution in [0.3, 0.4) is 0 Å². The maximum atomic E-state index is 10.6. The van der Waals surface area contributed by atoms with E-state index >= 15 is 0 Å². The third-order valence-corrected chi connectivity index (χ3v) is 8.95. The predicted octanol–water partition coefficient (Wildman–Crippen LogP) is 3.94. The van der Waals surface area contributed by atoms with Crippen LogP contribution >= 0.6 is 15.9 Å². The Hall–Kier alpha value is 0.100. The molecule has 4 heteroatoms. The molecule has 7 atom stereocenters. The second-order valence-electron chi connectivity index (χ2n) is 9.45. The van der Waals surface area contributed by atoms with Gasteiger partial charge in [-0.3, -0.25) is 0 Å². The third kappa shape index (κ3) is 3.02. The smallest absolute Gasteiger partial charge is 0.0880 e. The number of halogens is 1. The zero-order valence-electron chi connectivity index (χ0n) is 15.5. The van der Waals surface area contributed by atoms with Crippen molar-refractivity contribution in [2.75, 3.05) is 0 Å². The Morgan fingerprint density at radius 1 is 1.04 bits per heavy atom. The number of aliphatic hydroxyl groups is 3. The van der Waals surface area contributed by atoms with Gasteiger partial charge in [0.2, 0.25) is 0 Å². The lowest BCUT2D eigenvalue weighted by molar-refractivity contribution is -0.0778. The van der Waals surface area contributed by atoms with E-state index in [4.69, 9.17) is 0 Å². The second-order valence-corrected chi connectivity index (χ2v) is 10.6. The molecule has 0 saturated heterocycles. The van der Waals surface area contributed by atoms with E-state index < -0.39 is 17.3 Å². The normalized spacial score (nSPS) is 53.0. The highest BCUT2D eigenvalue weighted by Crippen LogP contribution is 2.60. The molecule has 0 heterocycles. The summed E-state index contributed by atoms with van der Waals surface area (Å²) in [6.45, 7) is 8.33. The predicted molar refractivity (Wildman–Crippen MR) is 100 cm³/mol. The fourth-order valence-electron chi connectivity index (χ4n) is 5.61. The van der Waals surface area contributed by atoms with Crippen LogP contribution in [-0.4, -0.2) is 37.5 Å². The molecule has 3 N–H and O–H groups in total. The monoisotopic (exact) mass is 400 g/mol. The fourth-order valence-corrected chi connectivity index (χ4v) is 6.29. The van der Waals surface area contributed by atoms with Crippen LogP contribution in [0.4, 0.5) is 0 Å². The maximum absolute atomic E-state index is 10.6. The number of aliphatic hydroxyl groups excluding tert-OH is 1. The minimum Gasteiger partial charge on any atom is -0.390 e. The summed E-state index contributed by atoms with van der Waals surface area (Å²) in [6.07, 6.45) is 5.49. The molecule has 0 spiro atoms. The molecule has 3 aliphatic rings. The second kappa shape index (κ2) is 6.07. The number of rotatable bonds is 1. The van der Waals surface area contributed by atoms with Gasteiger partial charge in [-0.25, -0.2) is 0 Å². The number of hydrogen-bond acceptors (Lipinski definition) is 3. The molecule has 0 unspecified atom stereocenters. The van der Waals surface area contributed by atoms with E-state index in [-0.39, 0.29) is 10.2 Å². The molecular weight excluding hydrogens is 368 g/mol. The summed E-state index contributed by atoms with van der Waals surface area (Å²) in [6, 6.07) is 0. The van der Waals surface area contributed by atoms with Gasteiger partial charge in [-0.1, -0.05) is 34.0 Å². The molecule has 3 rings (SSSR count). The van der Waals surface area contributed by atoms with E-state index in [1.807, 2.05) is 6.92 Å². The van der Waals surface area contributed by atoms with Gasteiger partial charge in [0.05, 0.1) is 17.3 Å². The van der Waals surface area contributed by atoms with Crippen LogP contribution in [0, 0.1) is 17.3 Å². The van der Waals surface area contributed by atoms with Gasteiger partial charge in [0, 0.05) is 4.83 Å². The first-order chi connectivity index (χ1) is 11.0. The van der Waals surface area contributed by atoms with Crippen molar-refractivity contribution in [1.82, 2.24) is 0 Å². The van der Waals surface area contributed by atoms with Crippen molar-refractivity contribution in [3.63, 3.8) is 0 Å². The number of alkyl halides is 1. The van der Waals surface area contributed by atoms with Crippen molar-refractivity contribution in [2.24, 2.45) is 17.3 Å². The quantitative estimate of drug-likeness (QED) is 0.461. The van der Waals surface area contributed by atoms with Crippen LogP contribution < -0.4 is 0 Å². The van der Waals surface area contributed by atoms with Crippen LogP contribution in [0.5, 0.6) is 0 Å². The fraction of sp³-hybridized carbons (Fsp3) is 0.900. The topological polar surface area (TPSA) is 60.7 Å². The Morgan fingerprint density at radius 2 is 1.71 bits per heavy atom. The minimum atomic E-state index is -0.979. The van der Waals surface area contributed by atoms with Gasteiger partial charge in [-0.05, 0) is 83.0 Å². The van der Waals surface area contributed by atoms with Crippen molar-refractivity contribution in [3.05, 3.63) is 11.1 Å². The van der Waals surface area contributed by atoms with Crippen LogP contribution in [0.15, 0.2) is 11.1 Å². The standard InChI is InChI=1S/C20H33BrO3/c1-12-11-18(2,13-5-7-19(3,23)16(21)9-13)15-10-17(22)20(4,24)8-6-14(12)15/h13,15-17,22-24H,5-11H2,1-4H3/t13-,15-,16-,17+,18+,19+,20-/m1/s1. The Kier molecular flexibility index (Phi) is 4.78. The van der Waals surface area contributed by atoms with Crippen molar-refractivity contribution < 1.29 is 15.3 Å². The van der Waals surface area contributed by atoms with E-state index in [1.54, 1.807) is 6.92 Å². The third-order valence-electron chi connectivity index (χ3n) is 7.59. The zero-order chi connectivity index (χ0) is 17.9. The summed E-state index contributed by atoms with van der Waals surface area (Å²) in [7, 11) is 0. The zero-order valence-corrected chi connectivity index (χ0v) is 17.1. The molecule has 0 radical (unpaired) electrons. The van der Waals surface area contributed by atoms with Gasteiger partial charge in [-0.15, -0.1) is 0 Å². The summed E-state index contributed by atoms with van der Waals surface area (Å²) in [4.78, 5) is 0.128. The molecule has 3 aliphatic carbocycles. The Morgan fingerprint density at radius 3 is 2.33 bits per heavy atom.